The number of fused-ring (bicyclic) bond motifs is 3. The topological polar surface area (TPSA) is 127 Å². The molecule has 6 aliphatic heterocycles. The van der Waals surface area contributed by atoms with Crippen LogP contribution in [-0.2, 0) is 9.59 Å². The highest BCUT2D eigenvalue weighted by Gasteiger charge is 2.46. The van der Waals surface area contributed by atoms with Gasteiger partial charge in [-0.05, 0) is 73.9 Å². The van der Waals surface area contributed by atoms with Crippen molar-refractivity contribution in [3.63, 3.8) is 0 Å². The van der Waals surface area contributed by atoms with E-state index < -0.39 is 29.7 Å². The number of hydrogen-bond donors (Lipinski definition) is 1. The minimum absolute atomic E-state index is 0.00188. The van der Waals surface area contributed by atoms with E-state index >= 15 is 0 Å². The molecule has 3 atom stereocenters. The average Bonchev–Trinajstić information content (AvgIpc) is 3.59. The standard InChI is InChI=1S/C42H42ClN7O6/c1-44-36-11-9-31(21-35(36)43)56-32-18-29-6-7-30(19-32)49(29)40(53)26-2-4-27(5-3-26)47-16-14-46(15-17-47)22-25-23-48(24-25)28-8-10-33-34(20-28)42(55)50(41(33)54)37-12-13-38(51)45-39(37)52/h2-5,8-11,20-21,25,29-30,32,37H,6-7,12-19,22-24H2,(H,45,51,52). The molecule has 3 aromatic carbocycles. The van der Waals surface area contributed by atoms with Crippen LogP contribution in [0.15, 0.2) is 60.7 Å². The van der Waals surface area contributed by atoms with E-state index in [1.165, 1.54) is 0 Å². The molecule has 9 rings (SSSR count). The first-order chi connectivity index (χ1) is 27.1. The van der Waals surface area contributed by atoms with Gasteiger partial charge in [-0.2, -0.15) is 0 Å². The second-order valence-electron chi connectivity index (χ2n) is 15.8. The predicted molar refractivity (Wildman–Crippen MR) is 208 cm³/mol. The van der Waals surface area contributed by atoms with Crippen LogP contribution in [0.4, 0.5) is 17.1 Å². The maximum atomic E-state index is 13.8. The summed E-state index contributed by atoms with van der Waals surface area (Å²) in [6, 6.07) is 17.9. The highest BCUT2D eigenvalue weighted by Crippen LogP contribution is 2.40. The number of nitrogens with zero attached hydrogens (tertiary/aromatic N) is 6. The van der Waals surface area contributed by atoms with Crippen molar-refractivity contribution in [2.45, 2.75) is 62.8 Å². The lowest BCUT2D eigenvalue weighted by Crippen LogP contribution is -2.55. The number of rotatable bonds is 8. The quantitative estimate of drug-likeness (QED) is 0.255. The zero-order valence-electron chi connectivity index (χ0n) is 30.9. The molecule has 3 aromatic rings. The molecule has 3 unspecified atom stereocenters. The lowest BCUT2D eigenvalue weighted by molar-refractivity contribution is -0.136. The smallest absolute Gasteiger partial charge is 0.262 e. The second-order valence-corrected chi connectivity index (χ2v) is 16.2. The molecule has 6 aliphatic rings. The Balaban J connectivity index is 0.735. The van der Waals surface area contributed by atoms with E-state index in [9.17, 15) is 24.0 Å². The number of halogens is 1. The third-order valence-corrected chi connectivity index (χ3v) is 12.7. The fraction of sp³-hybridized carbons (Fsp3) is 0.429. The van der Waals surface area contributed by atoms with Crippen molar-refractivity contribution >= 4 is 58.2 Å². The fourth-order valence-corrected chi connectivity index (χ4v) is 9.68. The molecule has 0 saturated carbocycles. The Bertz CT molecular complexity index is 2140. The van der Waals surface area contributed by atoms with Gasteiger partial charge >= 0.3 is 0 Å². The summed E-state index contributed by atoms with van der Waals surface area (Å²) >= 11 is 6.23. The van der Waals surface area contributed by atoms with Gasteiger partial charge in [0.2, 0.25) is 17.5 Å². The van der Waals surface area contributed by atoms with Crippen LogP contribution in [0.5, 0.6) is 5.75 Å². The molecule has 5 fully saturated rings. The minimum atomic E-state index is -0.971. The zero-order valence-corrected chi connectivity index (χ0v) is 31.6. The normalized spacial score (nSPS) is 25.2. The SMILES string of the molecule is [C-]#[N+]c1ccc(OC2CC3CCC(C2)N3C(=O)c2ccc(N3CCN(CC4CN(c5ccc6c(c5)C(=O)N(C5CCC(=O)NC5=O)C6=O)C4)CC3)cc2)cc1Cl. The van der Waals surface area contributed by atoms with Gasteiger partial charge in [-0.15, -0.1) is 0 Å². The zero-order chi connectivity index (χ0) is 38.7. The lowest BCUT2D eigenvalue weighted by atomic mass is 9.97. The summed E-state index contributed by atoms with van der Waals surface area (Å²) in [5, 5.41) is 2.63. The summed E-state index contributed by atoms with van der Waals surface area (Å²) in [5.41, 5.74) is 3.73. The van der Waals surface area contributed by atoms with Crippen LogP contribution < -0.4 is 19.9 Å². The number of carbonyl (C=O) groups is 5. The summed E-state index contributed by atoms with van der Waals surface area (Å²) in [6.07, 6.45) is 3.72. The Morgan fingerprint density at radius 3 is 2.20 bits per heavy atom. The molecule has 6 heterocycles. The van der Waals surface area contributed by atoms with E-state index in [0.717, 1.165) is 87.8 Å². The minimum Gasteiger partial charge on any atom is -0.490 e. The molecule has 5 amide bonds. The number of carbonyl (C=O) groups excluding carboxylic acids is 5. The van der Waals surface area contributed by atoms with Crippen molar-refractivity contribution in [2.24, 2.45) is 5.92 Å². The van der Waals surface area contributed by atoms with Gasteiger partial charge < -0.3 is 19.4 Å². The van der Waals surface area contributed by atoms with Crippen LogP contribution in [0.3, 0.4) is 0 Å². The van der Waals surface area contributed by atoms with Gasteiger partial charge in [0.25, 0.3) is 17.7 Å². The van der Waals surface area contributed by atoms with E-state index in [4.69, 9.17) is 22.9 Å². The first kappa shape index (κ1) is 36.2. The van der Waals surface area contributed by atoms with Gasteiger partial charge in [-0.1, -0.05) is 17.7 Å². The van der Waals surface area contributed by atoms with Crippen molar-refractivity contribution in [1.82, 2.24) is 20.0 Å². The Morgan fingerprint density at radius 2 is 1.52 bits per heavy atom. The number of imide groups is 2. The van der Waals surface area contributed by atoms with Gasteiger partial charge in [0.1, 0.15) is 17.9 Å². The average molecular weight is 776 g/mol. The fourth-order valence-electron chi connectivity index (χ4n) is 9.47. The second kappa shape index (κ2) is 14.6. The number of amides is 5. The Labute approximate surface area is 329 Å². The third-order valence-electron chi connectivity index (χ3n) is 12.4. The Morgan fingerprint density at radius 1 is 0.821 bits per heavy atom. The largest absolute Gasteiger partial charge is 0.490 e. The van der Waals surface area contributed by atoms with E-state index in [1.54, 1.807) is 30.3 Å². The van der Waals surface area contributed by atoms with E-state index in [1.807, 2.05) is 18.2 Å². The Hall–Kier alpha value is -5.45. The molecule has 0 spiro atoms. The van der Waals surface area contributed by atoms with Crippen molar-refractivity contribution in [1.29, 1.82) is 0 Å². The number of nitrogens with one attached hydrogen (secondary N) is 1. The number of benzene rings is 3. The van der Waals surface area contributed by atoms with Crippen LogP contribution in [0, 0.1) is 12.5 Å². The summed E-state index contributed by atoms with van der Waals surface area (Å²) in [6.45, 7) is 13.6. The molecule has 13 nitrogen and oxygen atoms in total. The predicted octanol–water partition coefficient (Wildman–Crippen LogP) is 4.76. The molecule has 56 heavy (non-hydrogen) atoms. The monoisotopic (exact) mass is 775 g/mol. The first-order valence-corrected chi connectivity index (χ1v) is 19.9. The number of piperidine rings is 2. The summed E-state index contributed by atoms with van der Waals surface area (Å²) in [7, 11) is 0. The number of hydrogen-bond acceptors (Lipinski definition) is 9. The molecule has 0 aromatic heterocycles. The van der Waals surface area contributed by atoms with Crippen molar-refractivity contribution in [3.05, 3.63) is 93.8 Å². The molecule has 2 bridgehead atoms. The molecular weight excluding hydrogens is 734 g/mol. The van der Waals surface area contributed by atoms with Crippen LogP contribution in [-0.4, -0.2) is 114 Å². The van der Waals surface area contributed by atoms with Gasteiger partial charge in [-0.3, -0.25) is 39.1 Å². The molecule has 14 heteroatoms. The molecule has 0 radical (unpaired) electrons. The molecule has 5 saturated heterocycles. The van der Waals surface area contributed by atoms with Crippen molar-refractivity contribution < 1.29 is 28.7 Å². The number of piperazine rings is 1. The lowest BCUT2D eigenvalue weighted by Gasteiger charge is -2.45. The van der Waals surface area contributed by atoms with Gasteiger partial charge in [0.05, 0.1) is 22.7 Å². The first-order valence-electron chi connectivity index (χ1n) is 19.5. The Kier molecular flexibility index (Phi) is 9.42. The molecule has 1 N–H and O–H groups in total. The maximum absolute atomic E-state index is 13.8. The highest BCUT2D eigenvalue weighted by atomic mass is 35.5. The number of ether oxygens (including phenoxy) is 1. The third kappa shape index (κ3) is 6.64. The maximum Gasteiger partial charge on any atom is 0.262 e. The van der Waals surface area contributed by atoms with Crippen LogP contribution in [0.1, 0.15) is 69.6 Å². The summed E-state index contributed by atoms with van der Waals surface area (Å²) in [5.74, 6) is -0.747. The molecule has 0 aliphatic carbocycles. The van der Waals surface area contributed by atoms with E-state index in [-0.39, 0.29) is 36.9 Å². The summed E-state index contributed by atoms with van der Waals surface area (Å²) < 4.78 is 6.26. The van der Waals surface area contributed by atoms with Crippen molar-refractivity contribution in [2.75, 3.05) is 55.6 Å². The van der Waals surface area contributed by atoms with E-state index in [0.29, 0.717) is 39.1 Å². The van der Waals surface area contributed by atoms with Gasteiger partial charge in [0.15, 0.2) is 0 Å². The van der Waals surface area contributed by atoms with Crippen molar-refractivity contribution in [3.8, 4) is 5.75 Å². The molecular formula is C42H42ClN7O6. The van der Waals surface area contributed by atoms with Gasteiger partial charge in [0, 0.05) is 100 Å². The highest BCUT2D eigenvalue weighted by molar-refractivity contribution is 6.33. The van der Waals surface area contributed by atoms with Gasteiger partial charge in [-0.25, -0.2) is 4.85 Å². The van der Waals surface area contributed by atoms with Crippen LogP contribution >= 0.6 is 11.6 Å². The van der Waals surface area contributed by atoms with E-state index in [2.05, 4.69) is 41.9 Å². The summed E-state index contributed by atoms with van der Waals surface area (Å²) in [4.78, 5) is 77.7. The number of anilines is 2. The molecule has 288 valence electrons. The van der Waals surface area contributed by atoms with Crippen LogP contribution in [0.25, 0.3) is 4.85 Å². The van der Waals surface area contributed by atoms with Crippen LogP contribution in [0.2, 0.25) is 5.02 Å².